The zero-order valence-electron chi connectivity index (χ0n) is 12.2. The molecule has 0 bridgehead atoms. The van der Waals surface area contributed by atoms with Gasteiger partial charge in [0.05, 0.1) is 11.1 Å². The summed E-state index contributed by atoms with van der Waals surface area (Å²) in [6, 6.07) is 3.74. The van der Waals surface area contributed by atoms with Gasteiger partial charge in [0.25, 0.3) is 0 Å². The molecule has 0 atom stereocenters. The van der Waals surface area contributed by atoms with Gasteiger partial charge in [-0.25, -0.2) is 14.6 Å². The van der Waals surface area contributed by atoms with E-state index in [1.54, 1.807) is 11.6 Å². The highest BCUT2D eigenvalue weighted by molar-refractivity contribution is 8.29. The molecule has 23 heavy (non-hydrogen) atoms. The number of carbonyl (C=O) groups excluding carboxylic acids is 2. The third-order valence-electron chi connectivity index (χ3n) is 3.81. The van der Waals surface area contributed by atoms with E-state index in [-0.39, 0.29) is 0 Å². The van der Waals surface area contributed by atoms with Gasteiger partial charge in [0.2, 0.25) is 0 Å². The van der Waals surface area contributed by atoms with Crippen molar-refractivity contribution in [2.24, 2.45) is 0 Å². The third kappa shape index (κ3) is 2.40. The summed E-state index contributed by atoms with van der Waals surface area (Å²) in [6.07, 6.45) is 3.79. The van der Waals surface area contributed by atoms with E-state index in [1.165, 1.54) is 0 Å². The Labute approximate surface area is 134 Å². The maximum Gasteiger partial charge on any atom is 0.354 e. The summed E-state index contributed by atoms with van der Waals surface area (Å²) < 4.78 is 11.0. The normalized spacial score (nSPS) is 23.7. The van der Waals surface area contributed by atoms with Gasteiger partial charge in [-0.1, -0.05) is 0 Å². The largest absolute Gasteiger partial charge is 0.367 e. The highest BCUT2D eigenvalue weighted by Gasteiger charge is 2.41. The number of pyridine rings is 1. The average molecular weight is 333 g/mol. The molecule has 0 aliphatic carbocycles. The lowest BCUT2D eigenvalue weighted by Gasteiger charge is -2.33. The second kappa shape index (κ2) is 5.39. The zero-order chi connectivity index (χ0) is 15.9. The van der Waals surface area contributed by atoms with Crippen molar-refractivity contribution in [3.8, 4) is 0 Å². The molecule has 1 N–H and O–H groups in total. The predicted molar refractivity (Wildman–Crippen MR) is 83.8 cm³/mol. The van der Waals surface area contributed by atoms with E-state index in [9.17, 15) is 9.59 Å². The van der Waals surface area contributed by atoms with Gasteiger partial charge in [0.1, 0.15) is 0 Å². The zero-order valence-corrected chi connectivity index (χ0v) is 13.0. The first-order valence-electron chi connectivity index (χ1n) is 7.29. The van der Waals surface area contributed by atoms with Crippen LogP contribution >= 0.6 is 10.6 Å². The fourth-order valence-electron chi connectivity index (χ4n) is 2.81. The lowest BCUT2D eigenvalue weighted by molar-refractivity contribution is -0.129. The topological polar surface area (TPSA) is 80.8 Å². The van der Waals surface area contributed by atoms with Crippen LogP contribution < -0.4 is 5.32 Å². The molecule has 1 aromatic heterocycles. The Bertz CT molecular complexity index is 720. The Morgan fingerprint density at radius 2 is 1.83 bits per heavy atom. The lowest BCUT2D eigenvalue weighted by atomic mass is 10.2. The molecule has 7 nitrogen and oxygen atoms in total. The van der Waals surface area contributed by atoms with Gasteiger partial charge < -0.3 is 18.6 Å². The molecule has 0 radical (unpaired) electrons. The number of rotatable bonds is 1. The number of piperazine rings is 1. The van der Waals surface area contributed by atoms with E-state index < -0.39 is 22.5 Å². The van der Waals surface area contributed by atoms with Crippen LogP contribution in [0.2, 0.25) is 0 Å². The minimum absolute atomic E-state index is 0.513. The van der Waals surface area contributed by atoms with E-state index >= 15 is 0 Å². The molecule has 3 aliphatic heterocycles. The maximum absolute atomic E-state index is 11.9. The van der Waals surface area contributed by atoms with Crippen LogP contribution in [0.4, 0.5) is 0 Å². The van der Waals surface area contributed by atoms with Gasteiger partial charge in [0, 0.05) is 50.1 Å². The summed E-state index contributed by atoms with van der Waals surface area (Å²) in [6.45, 7) is 3.40. The SMILES string of the molecule is O=C1C=CC(=O)OS2(C=C(N3CCNCC3)c3cccnc32)O1. The first kappa shape index (κ1) is 14.3. The molecule has 1 spiro atoms. The van der Waals surface area contributed by atoms with Gasteiger partial charge >= 0.3 is 11.9 Å². The summed E-state index contributed by atoms with van der Waals surface area (Å²) in [7, 11) is -2.65. The smallest absolute Gasteiger partial charge is 0.354 e. The maximum atomic E-state index is 11.9. The van der Waals surface area contributed by atoms with Gasteiger partial charge in [0.15, 0.2) is 5.03 Å². The van der Waals surface area contributed by atoms with Crippen LogP contribution in [0.15, 0.2) is 40.9 Å². The van der Waals surface area contributed by atoms with Crippen LogP contribution in [0, 0.1) is 0 Å². The third-order valence-corrected chi connectivity index (χ3v) is 6.03. The van der Waals surface area contributed by atoms with Crippen LogP contribution in [-0.2, 0) is 18.0 Å². The monoisotopic (exact) mass is 333 g/mol. The van der Waals surface area contributed by atoms with Crippen molar-refractivity contribution in [2.75, 3.05) is 26.2 Å². The van der Waals surface area contributed by atoms with Crippen LogP contribution in [0.3, 0.4) is 0 Å². The van der Waals surface area contributed by atoms with Gasteiger partial charge in [-0.15, -0.1) is 0 Å². The van der Waals surface area contributed by atoms with Crippen molar-refractivity contribution < 1.29 is 18.0 Å². The lowest BCUT2D eigenvalue weighted by Crippen LogP contribution is -2.42. The van der Waals surface area contributed by atoms with Gasteiger partial charge in [-0.3, -0.25) is 0 Å². The molecule has 1 saturated heterocycles. The molecule has 0 saturated carbocycles. The summed E-state index contributed by atoms with van der Waals surface area (Å²) in [5, 5.41) is 5.57. The predicted octanol–water partition coefficient (Wildman–Crippen LogP) is 0.948. The van der Waals surface area contributed by atoms with Crippen molar-refractivity contribution in [1.82, 2.24) is 15.2 Å². The molecule has 8 heteroatoms. The standard InChI is InChI=1S/C15H15N3O4S/c19-13-3-4-14(20)22-23(21-13)10-12(18-8-6-16-7-9-18)11-2-1-5-17-15(11)23/h1-5,10,16H,6-9H2. The number of nitrogens with one attached hydrogen (secondary N) is 1. The van der Waals surface area contributed by atoms with E-state index in [0.29, 0.717) is 5.03 Å². The molecule has 0 unspecified atom stereocenters. The molecular formula is C15H15N3O4S. The summed E-state index contributed by atoms with van der Waals surface area (Å²) in [5.74, 6) is -1.19. The number of nitrogens with zero attached hydrogens (tertiary/aromatic N) is 2. The van der Waals surface area contributed by atoms with Crippen LogP contribution in [0.1, 0.15) is 5.56 Å². The minimum Gasteiger partial charge on any atom is -0.367 e. The first-order chi connectivity index (χ1) is 11.2. The molecule has 0 amide bonds. The minimum atomic E-state index is -2.65. The fraction of sp³-hybridized carbons (Fsp3) is 0.267. The van der Waals surface area contributed by atoms with Crippen molar-refractivity contribution in [3.63, 3.8) is 0 Å². The Balaban J connectivity index is 1.82. The number of aromatic nitrogens is 1. The van der Waals surface area contributed by atoms with Crippen LogP contribution in [-0.4, -0.2) is 48.0 Å². The highest BCUT2D eigenvalue weighted by atomic mass is 32.3. The molecule has 4 rings (SSSR count). The molecule has 3 aliphatic rings. The second-order valence-electron chi connectivity index (χ2n) is 5.28. The fourth-order valence-corrected chi connectivity index (χ4v) is 5.06. The quantitative estimate of drug-likeness (QED) is 0.819. The Morgan fingerprint density at radius 1 is 1.13 bits per heavy atom. The van der Waals surface area contributed by atoms with Crippen LogP contribution in [0.25, 0.3) is 5.70 Å². The Kier molecular flexibility index (Phi) is 3.35. The van der Waals surface area contributed by atoms with E-state index in [2.05, 4.69) is 15.2 Å². The summed E-state index contributed by atoms with van der Waals surface area (Å²) in [4.78, 5) is 30.3. The molecule has 120 valence electrons. The van der Waals surface area contributed by atoms with Crippen molar-refractivity contribution in [1.29, 1.82) is 0 Å². The number of hydrogen-bond donors (Lipinski definition) is 1. The first-order valence-corrected chi connectivity index (χ1v) is 8.84. The van der Waals surface area contributed by atoms with E-state index in [1.807, 2.05) is 12.1 Å². The number of carbonyl (C=O) groups is 2. The highest BCUT2D eigenvalue weighted by Crippen LogP contribution is 2.66. The average Bonchev–Trinajstić information content (AvgIpc) is 2.79. The Hall–Kier alpha value is -2.32. The van der Waals surface area contributed by atoms with E-state index in [4.69, 9.17) is 8.37 Å². The molecule has 4 heterocycles. The second-order valence-corrected chi connectivity index (χ2v) is 7.33. The number of fused-ring (bicyclic) bond motifs is 2. The molecular weight excluding hydrogens is 318 g/mol. The van der Waals surface area contributed by atoms with Gasteiger partial charge in [-0.05, 0) is 22.7 Å². The summed E-state index contributed by atoms with van der Waals surface area (Å²) >= 11 is 0. The van der Waals surface area contributed by atoms with Crippen molar-refractivity contribution >= 4 is 28.2 Å². The van der Waals surface area contributed by atoms with Crippen molar-refractivity contribution in [2.45, 2.75) is 5.03 Å². The number of hydrogen-bond acceptors (Lipinski definition) is 7. The Morgan fingerprint density at radius 3 is 2.52 bits per heavy atom. The molecule has 1 fully saturated rings. The van der Waals surface area contributed by atoms with E-state index in [0.717, 1.165) is 49.6 Å². The van der Waals surface area contributed by atoms with Crippen LogP contribution in [0.5, 0.6) is 0 Å². The van der Waals surface area contributed by atoms with Crippen molar-refractivity contribution in [3.05, 3.63) is 41.5 Å². The molecule has 1 aromatic rings. The summed E-state index contributed by atoms with van der Waals surface area (Å²) in [5.41, 5.74) is 1.76. The van der Waals surface area contributed by atoms with Gasteiger partial charge in [-0.2, -0.15) is 0 Å². The molecule has 0 aromatic carbocycles.